The number of morpholine rings is 1. The number of nitrogens with zero attached hydrogens (tertiary/aromatic N) is 1. The van der Waals surface area contributed by atoms with E-state index in [0.717, 1.165) is 13.1 Å². The first kappa shape index (κ1) is 21.5. The first-order valence-corrected chi connectivity index (χ1v) is 9.28. The number of rotatable bonds is 6. The van der Waals surface area contributed by atoms with Crippen LogP contribution in [0.25, 0.3) is 0 Å². The molecule has 3 heteroatoms. The molecule has 0 radical (unpaired) electrons. The van der Waals surface area contributed by atoms with Gasteiger partial charge in [0.25, 0.3) is 0 Å². The van der Waals surface area contributed by atoms with E-state index < -0.39 is 0 Å². The lowest BCUT2D eigenvalue weighted by Crippen LogP contribution is -2.47. The molecule has 0 saturated carbocycles. The zero-order chi connectivity index (χ0) is 17.0. The van der Waals surface area contributed by atoms with E-state index in [0.29, 0.717) is 18.1 Å². The van der Waals surface area contributed by atoms with Crippen LogP contribution >= 0.6 is 12.4 Å². The summed E-state index contributed by atoms with van der Waals surface area (Å²) in [6.07, 6.45) is 3.06. The fourth-order valence-corrected chi connectivity index (χ4v) is 3.86. The molecule has 0 bridgehead atoms. The van der Waals surface area contributed by atoms with Crippen LogP contribution in [0.4, 0.5) is 0 Å². The second-order valence-electron chi connectivity index (χ2n) is 8.18. The first-order chi connectivity index (χ1) is 10.8. The molecule has 0 amide bonds. The molecule has 1 aromatic carbocycles. The highest BCUT2D eigenvalue weighted by Gasteiger charge is 2.25. The van der Waals surface area contributed by atoms with Gasteiger partial charge in [0.2, 0.25) is 0 Å². The normalized spacial score (nSPS) is 23.6. The molecule has 0 N–H and O–H groups in total. The molecule has 1 heterocycles. The SMILES string of the molecule is CCC(C)(C)c1ccccc1CC(C)CN1CC(C)OC(C)C1.Cl. The van der Waals surface area contributed by atoms with Gasteiger partial charge in [0.1, 0.15) is 0 Å². The van der Waals surface area contributed by atoms with E-state index in [2.05, 4.69) is 70.7 Å². The third kappa shape index (κ3) is 5.75. The Kier molecular flexibility index (Phi) is 8.25. The Labute approximate surface area is 155 Å². The maximum atomic E-state index is 5.85. The number of benzene rings is 1. The minimum atomic E-state index is 0. The van der Waals surface area contributed by atoms with Crippen molar-refractivity contribution < 1.29 is 4.74 Å². The Morgan fingerprint density at radius 1 is 1.17 bits per heavy atom. The Morgan fingerprint density at radius 2 is 1.75 bits per heavy atom. The fraction of sp³-hybridized carbons (Fsp3) is 0.714. The summed E-state index contributed by atoms with van der Waals surface area (Å²) < 4.78 is 5.85. The monoisotopic (exact) mass is 353 g/mol. The quantitative estimate of drug-likeness (QED) is 0.706. The van der Waals surface area contributed by atoms with Crippen molar-refractivity contribution >= 4 is 12.4 Å². The van der Waals surface area contributed by atoms with E-state index in [9.17, 15) is 0 Å². The zero-order valence-corrected chi connectivity index (χ0v) is 17.2. The Hall–Kier alpha value is -0.570. The number of hydrogen-bond acceptors (Lipinski definition) is 2. The second-order valence-corrected chi connectivity index (χ2v) is 8.18. The average molecular weight is 354 g/mol. The van der Waals surface area contributed by atoms with Gasteiger partial charge < -0.3 is 4.74 Å². The van der Waals surface area contributed by atoms with Crippen molar-refractivity contribution in [3.8, 4) is 0 Å². The van der Waals surface area contributed by atoms with Crippen LogP contribution in [0.1, 0.15) is 59.1 Å². The van der Waals surface area contributed by atoms with Crippen molar-refractivity contribution in [2.45, 2.75) is 72.0 Å². The van der Waals surface area contributed by atoms with E-state index in [1.54, 1.807) is 0 Å². The zero-order valence-electron chi connectivity index (χ0n) is 16.3. The van der Waals surface area contributed by atoms with Crippen LogP contribution in [0, 0.1) is 5.92 Å². The van der Waals surface area contributed by atoms with Gasteiger partial charge in [0.05, 0.1) is 12.2 Å². The van der Waals surface area contributed by atoms with E-state index >= 15 is 0 Å². The summed E-state index contributed by atoms with van der Waals surface area (Å²) in [6, 6.07) is 9.03. The van der Waals surface area contributed by atoms with Crippen LogP contribution in [0.5, 0.6) is 0 Å². The Morgan fingerprint density at radius 3 is 2.33 bits per heavy atom. The standard InChI is InChI=1S/C21H35NO.ClH/c1-7-21(5,6)20-11-9-8-10-19(20)12-16(2)13-22-14-17(3)23-18(4)15-22;/h8-11,16-18H,7,12-15H2,1-6H3;1H. The molecule has 3 atom stereocenters. The largest absolute Gasteiger partial charge is 0.373 e. The second kappa shape index (κ2) is 9.22. The van der Waals surface area contributed by atoms with Crippen LogP contribution in [0.2, 0.25) is 0 Å². The fourth-order valence-electron chi connectivity index (χ4n) is 3.86. The maximum Gasteiger partial charge on any atom is 0.0678 e. The van der Waals surface area contributed by atoms with Gasteiger partial charge in [-0.05, 0) is 49.1 Å². The Bertz CT molecular complexity index is 492. The van der Waals surface area contributed by atoms with Gasteiger partial charge >= 0.3 is 0 Å². The third-order valence-corrected chi connectivity index (χ3v) is 5.26. The van der Waals surface area contributed by atoms with Gasteiger partial charge in [-0.2, -0.15) is 0 Å². The molecule has 138 valence electrons. The first-order valence-electron chi connectivity index (χ1n) is 9.28. The van der Waals surface area contributed by atoms with Crippen molar-refractivity contribution in [3.05, 3.63) is 35.4 Å². The molecule has 2 nitrogen and oxygen atoms in total. The molecule has 1 aliphatic rings. The van der Waals surface area contributed by atoms with Crippen molar-refractivity contribution in [2.24, 2.45) is 5.92 Å². The molecule has 1 fully saturated rings. The minimum Gasteiger partial charge on any atom is -0.373 e. The van der Waals surface area contributed by atoms with Gasteiger partial charge in [-0.15, -0.1) is 12.4 Å². The van der Waals surface area contributed by atoms with Crippen molar-refractivity contribution in [1.29, 1.82) is 0 Å². The molecule has 1 aliphatic heterocycles. The molecule has 2 rings (SSSR count). The lowest BCUT2D eigenvalue weighted by molar-refractivity contribution is -0.0709. The molecule has 3 unspecified atom stereocenters. The molecular formula is C21H36ClNO. The summed E-state index contributed by atoms with van der Waals surface area (Å²) in [7, 11) is 0. The number of ether oxygens (including phenoxy) is 1. The predicted octanol–water partition coefficient (Wildman–Crippen LogP) is 5.08. The predicted molar refractivity (Wildman–Crippen MR) is 106 cm³/mol. The summed E-state index contributed by atoms with van der Waals surface area (Å²) in [6.45, 7) is 17.1. The van der Waals surface area contributed by atoms with Crippen molar-refractivity contribution in [2.75, 3.05) is 19.6 Å². The van der Waals surface area contributed by atoms with Crippen LogP contribution in [-0.4, -0.2) is 36.7 Å². The topological polar surface area (TPSA) is 12.5 Å². The van der Waals surface area contributed by atoms with Crippen LogP contribution < -0.4 is 0 Å². The van der Waals surface area contributed by atoms with Crippen LogP contribution in [0.15, 0.2) is 24.3 Å². The van der Waals surface area contributed by atoms with Gasteiger partial charge in [0, 0.05) is 19.6 Å². The molecule has 24 heavy (non-hydrogen) atoms. The number of halogens is 1. The molecular weight excluding hydrogens is 318 g/mol. The highest BCUT2D eigenvalue weighted by atomic mass is 35.5. The molecule has 0 aromatic heterocycles. The van der Waals surface area contributed by atoms with Gasteiger partial charge in [-0.1, -0.05) is 52.0 Å². The van der Waals surface area contributed by atoms with E-state index in [1.807, 2.05) is 0 Å². The lowest BCUT2D eigenvalue weighted by Gasteiger charge is -2.37. The smallest absolute Gasteiger partial charge is 0.0678 e. The van der Waals surface area contributed by atoms with Crippen LogP contribution in [0.3, 0.4) is 0 Å². The number of hydrogen-bond donors (Lipinski definition) is 0. The maximum absolute atomic E-state index is 5.85. The molecule has 0 spiro atoms. The van der Waals surface area contributed by atoms with E-state index in [1.165, 1.54) is 30.5 Å². The third-order valence-electron chi connectivity index (χ3n) is 5.26. The minimum absolute atomic E-state index is 0. The summed E-state index contributed by atoms with van der Waals surface area (Å²) in [5, 5.41) is 0. The van der Waals surface area contributed by atoms with Gasteiger partial charge in [-0.3, -0.25) is 4.90 Å². The summed E-state index contributed by atoms with van der Waals surface area (Å²) in [5.41, 5.74) is 3.32. The molecule has 0 aliphatic carbocycles. The summed E-state index contributed by atoms with van der Waals surface area (Å²) in [4.78, 5) is 2.58. The summed E-state index contributed by atoms with van der Waals surface area (Å²) in [5.74, 6) is 0.668. The van der Waals surface area contributed by atoms with Crippen LogP contribution in [-0.2, 0) is 16.6 Å². The average Bonchev–Trinajstić information content (AvgIpc) is 2.46. The summed E-state index contributed by atoms with van der Waals surface area (Å²) >= 11 is 0. The van der Waals surface area contributed by atoms with Gasteiger partial charge in [0.15, 0.2) is 0 Å². The van der Waals surface area contributed by atoms with Crippen molar-refractivity contribution in [1.82, 2.24) is 4.90 Å². The molecule has 1 saturated heterocycles. The highest BCUT2D eigenvalue weighted by molar-refractivity contribution is 5.85. The van der Waals surface area contributed by atoms with E-state index in [4.69, 9.17) is 4.74 Å². The van der Waals surface area contributed by atoms with E-state index in [-0.39, 0.29) is 17.8 Å². The Balaban J connectivity index is 0.00000288. The lowest BCUT2D eigenvalue weighted by atomic mass is 9.78. The highest BCUT2D eigenvalue weighted by Crippen LogP contribution is 2.31. The molecule has 1 aromatic rings. The van der Waals surface area contributed by atoms with Crippen molar-refractivity contribution in [3.63, 3.8) is 0 Å². The van der Waals surface area contributed by atoms with Gasteiger partial charge in [-0.25, -0.2) is 0 Å².